The number of aliphatic carboxylic acids is 1. The zero-order valence-corrected chi connectivity index (χ0v) is 12.0. The molecule has 2 N–H and O–H groups in total. The number of nitrogens with one attached hydrogen (secondary N) is 1. The lowest BCUT2D eigenvalue weighted by Gasteiger charge is -2.34. The molecular weight excluding hydrogens is 272 g/mol. The molecule has 1 aromatic carbocycles. The average molecular weight is 292 g/mol. The van der Waals surface area contributed by atoms with Gasteiger partial charge in [0, 0.05) is 26.7 Å². The van der Waals surface area contributed by atoms with Crippen LogP contribution >= 0.6 is 0 Å². The smallest absolute Gasteiger partial charge is 0.305 e. The van der Waals surface area contributed by atoms with Gasteiger partial charge in [-0.2, -0.15) is 0 Å². The number of carbonyl (C=O) groups excluding carboxylic acids is 1. The lowest BCUT2D eigenvalue weighted by Crippen LogP contribution is -2.55. The van der Waals surface area contributed by atoms with Crippen LogP contribution in [0.4, 0.5) is 0 Å². The first kappa shape index (κ1) is 15.5. The Kier molecular flexibility index (Phi) is 5.30. The van der Waals surface area contributed by atoms with E-state index in [0.717, 1.165) is 11.1 Å². The number of hydrogen-bond acceptors (Lipinski definition) is 4. The molecule has 2 rings (SSSR count). The zero-order chi connectivity index (χ0) is 15.2. The molecule has 0 spiro atoms. The monoisotopic (exact) mass is 292 g/mol. The number of ether oxygens (including phenoxy) is 1. The van der Waals surface area contributed by atoms with Gasteiger partial charge >= 0.3 is 5.97 Å². The summed E-state index contributed by atoms with van der Waals surface area (Å²) in [5.41, 5.74) is 2.11. The molecule has 6 heteroatoms. The topological polar surface area (TPSA) is 78.9 Å². The highest BCUT2D eigenvalue weighted by atomic mass is 16.5. The molecule has 1 aromatic rings. The maximum Gasteiger partial charge on any atom is 0.305 e. The summed E-state index contributed by atoms with van der Waals surface area (Å²) in [5, 5.41) is 11.7. The van der Waals surface area contributed by atoms with E-state index in [4.69, 9.17) is 9.84 Å². The van der Waals surface area contributed by atoms with Crippen molar-refractivity contribution in [1.82, 2.24) is 10.2 Å². The molecule has 1 aliphatic heterocycles. The van der Waals surface area contributed by atoms with E-state index in [-0.39, 0.29) is 12.3 Å². The Morgan fingerprint density at radius 1 is 1.48 bits per heavy atom. The van der Waals surface area contributed by atoms with Crippen LogP contribution in [-0.4, -0.2) is 48.1 Å². The van der Waals surface area contributed by atoms with E-state index in [2.05, 4.69) is 5.32 Å². The quantitative estimate of drug-likeness (QED) is 0.803. The molecule has 1 atom stereocenters. The van der Waals surface area contributed by atoms with Crippen LogP contribution in [0.25, 0.3) is 0 Å². The van der Waals surface area contributed by atoms with Crippen LogP contribution < -0.4 is 5.32 Å². The lowest BCUT2D eigenvalue weighted by atomic mass is 10.1. The van der Waals surface area contributed by atoms with Gasteiger partial charge in [-0.25, -0.2) is 0 Å². The van der Waals surface area contributed by atoms with E-state index < -0.39 is 12.0 Å². The number of nitrogens with zero attached hydrogens (tertiary/aromatic N) is 1. The number of methoxy groups -OCH3 is 1. The van der Waals surface area contributed by atoms with Crippen molar-refractivity contribution >= 4 is 11.9 Å². The molecule has 1 saturated heterocycles. The molecule has 0 aromatic heterocycles. The van der Waals surface area contributed by atoms with Gasteiger partial charge in [0.2, 0.25) is 5.91 Å². The fourth-order valence-electron chi connectivity index (χ4n) is 2.56. The van der Waals surface area contributed by atoms with Crippen LogP contribution in [0.1, 0.15) is 17.5 Å². The second-order valence-electron chi connectivity index (χ2n) is 5.13. The molecule has 114 valence electrons. The van der Waals surface area contributed by atoms with Crippen LogP contribution in [0.15, 0.2) is 24.3 Å². The fraction of sp³-hybridized carbons (Fsp3) is 0.467. The number of carboxylic acid groups (broad SMARTS) is 1. The molecule has 1 aliphatic rings. The van der Waals surface area contributed by atoms with Gasteiger partial charge in [0.25, 0.3) is 0 Å². The Bertz CT molecular complexity index is 518. The van der Waals surface area contributed by atoms with Crippen molar-refractivity contribution in [2.24, 2.45) is 0 Å². The van der Waals surface area contributed by atoms with E-state index >= 15 is 0 Å². The SMILES string of the molecule is COCc1cccc(CN2CCNC(=O)C2CC(=O)O)c1. The van der Waals surface area contributed by atoms with Gasteiger partial charge in [-0.3, -0.25) is 14.5 Å². The predicted molar refractivity (Wildman–Crippen MR) is 76.6 cm³/mol. The van der Waals surface area contributed by atoms with E-state index in [1.54, 1.807) is 7.11 Å². The van der Waals surface area contributed by atoms with Gasteiger partial charge < -0.3 is 15.2 Å². The van der Waals surface area contributed by atoms with Crippen LogP contribution in [0.5, 0.6) is 0 Å². The first-order valence-corrected chi connectivity index (χ1v) is 6.90. The highest BCUT2D eigenvalue weighted by Crippen LogP contribution is 2.15. The minimum Gasteiger partial charge on any atom is -0.481 e. The van der Waals surface area contributed by atoms with Crippen LogP contribution in [0.2, 0.25) is 0 Å². The highest BCUT2D eigenvalue weighted by molar-refractivity contribution is 5.86. The summed E-state index contributed by atoms with van der Waals surface area (Å²) in [5.74, 6) is -1.17. The zero-order valence-electron chi connectivity index (χ0n) is 12.0. The summed E-state index contributed by atoms with van der Waals surface area (Å²) < 4.78 is 5.11. The van der Waals surface area contributed by atoms with Crippen molar-refractivity contribution in [3.05, 3.63) is 35.4 Å². The first-order valence-electron chi connectivity index (χ1n) is 6.90. The highest BCUT2D eigenvalue weighted by Gasteiger charge is 2.31. The molecule has 0 bridgehead atoms. The third kappa shape index (κ3) is 4.27. The van der Waals surface area contributed by atoms with Crippen LogP contribution in [-0.2, 0) is 27.5 Å². The van der Waals surface area contributed by atoms with Crippen molar-refractivity contribution < 1.29 is 19.4 Å². The molecule has 1 heterocycles. The van der Waals surface area contributed by atoms with Gasteiger partial charge in [0.1, 0.15) is 6.04 Å². The van der Waals surface area contributed by atoms with Crippen molar-refractivity contribution in [3.63, 3.8) is 0 Å². The summed E-state index contributed by atoms with van der Waals surface area (Å²) in [7, 11) is 1.64. The molecule has 1 amide bonds. The van der Waals surface area contributed by atoms with Gasteiger partial charge in [0.05, 0.1) is 13.0 Å². The number of rotatable bonds is 6. The molecule has 0 saturated carbocycles. The normalized spacial score (nSPS) is 19.3. The Balaban J connectivity index is 2.09. The molecule has 0 aliphatic carbocycles. The molecule has 1 unspecified atom stereocenters. The van der Waals surface area contributed by atoms with Gasteiger partial charge in [0.15, 0.2) is 0 Å². The summed E-state index contributed by atoms with van der Waals surface area (Å²) in [6.45, 7) is 2.29. The van der Waals surface area contributed by atoms with Crippen LogP contribution in [0.3, 0.4) is 0 Å². The predicted octanol–water partition coefficient (Wildman–Crippen LogP) is 0.608. The van der Waals surface area contributed by atoms with Gasteiger partial charge in [-0.05, 0) is 11.1 Å². The van der Waals surface area contributed by atoms with Crippen molar-refractivity contribution in [1.29, 1.82) is 0 Å². The molecule has 0 radical (unpaired) electrons. The minimum atomic E-state index is -0.963. The second kappa shape index (κ2) is 7.19. The maximum atomic E-state index is 11.9. The standard InChI is InChI=1S/C15H20N2O4/c1-21-10-12-4-2-3-11(7-12)9-17-6-5-16-15(20)13(17)8-14(18)19/h2-4,7,13H,5-6,8-10H2,1H3,(H,16,20)(H,18,19). The molecule has 6 nitrogen and oxygen atoms in total. The average Bonchev–Trinajstić information content (AvgIpc) is 2.43. The summed E-state index contributed by atoms with van der Waals surface area (Å²) in [6, 6.07) is 7.31. The van der Waals surface area contributed by atoms with E-state index in [1.807, 2.05) is 29.2 Å². The fourth-order valence-corrected chi connectivity index (χ4v) is 2.56. The third-order valence-electron chi connectivity index (χ3n) is 3.50. The molecule has 1 fully saturated rings. The second-order valence-corrected chi connectivity index (χ2v) is 5.13. The number of hydrogen-bond donors (Lipinski definition) is 2. The van der Waals surface area contributed by atoms with E-state index in [1.165, 1.54) is 0 Å². The van der Waals surface area contributed by atoms with Gasteiger partial charge in [-0.1, -0.05) is 24.3 Å². The first-order chi connectivity index (χ1) is 10.1. The minimum absolute atomic E-state index is 0.177. The summed E-state index contributed by atoms with van der Waals surface area (Å²) in [6.07, 6.45) is -0.177. The number of piperazine rings is 1. The Labute approximate surface area is 123 Å². The number of benzene rings is 1. The van der Waals surface area contributed by atoms with Crippen molar-refractivity contribution in [2.75, 3.05) is 20.2 Å². The largest absolute Gasteiger partial charge is 0.481 e. The van der Waals surface area contributed by atoms with Crippen molar-refractivity contribution in [2.45, 2.75) is 25.6 Å². The van der Waals surface area contributed by atoms with Crippen LogP contribution in [0, 0.1) is 0 Å². The Morgan fingerprint density at radius 3 is 2.95 bits per heavy atom. The summed E-state index contributed by atoms with van der Waals surface area (Å²) in [4.78, 5) is 24.7. The Morgan fingerprint density at radius 2 is 2.24 bits per heavy atom. The third-order valence-corrected chi connectivity index (χ3v) is 3.50. The number of carboxylic acids is 1. The maximum absolute atomic E-state index is 11.9. The summed E-state index contributed by atoms with van der Waals surface area (Å²) >= 11 is 0. The Hall–Kier alpha value is -1.92. The molecule has 21 heavy (non-hydrogen) atoms. The van der Waals surface area contributed by atoms with Crippen molar-refractivity contribution in [3.8, 4) is 0 Å². The van der Waals surface area contributed by atoms with E-state index in [9.17, 15) is 9.59 Å². The number of amides is 1. The van der Waals surface area contributed by atoms with Gasteiger partial charge in [-0.15, -0.1) is 0 Å². The number of carbonyl (C=O) groups is 2. The van der Waals surface area contributed by atoms with E-state index in [0.29, 0.717) is 26.2 Å². The lowest BCUT2D eigenvalue weighted by molar-refractivity contribution is -0.143. The molecular formula is C15H20N2O4.